The Balaban J connectivity index is 2.08. The van der Waals surface area contributed by atoms with Gasteiger partial charge in [-0.3, -0.25) is 4.72 Å². The zero-order chi connectivity index (χ0) is 17.3. The van der Waals surface area contributed by atoms with E-state index in [1.54, 1.807) is 0 Å². The van der Waals surface area contributed by atoms with Gasteiger partial charge in [0.25, 0.3) is 15.9 Å². The molecule has 10 heteroatoms. The van der Waals surface area contributed by atoms with Gasteiger partial charge in [-0.05, 0) is 24.3 Å². The van der Waals surface area contributed by atoms with Crippen LogP contribution in [0, 0.1) is 0 Å². The molecule has 0 aliphatic carbocycles. The fourth-order valence-corrected chi connectivity index (χ4v) is 3.34. The summed E-state index contributed by atoms with van der Waals surface area (Å²) in [4.78, 5) is 3.74. The van der Waals surface area contributed by atoms with Crippen molar-refractivity contribution in [1.29, 1.82) is 0 Å². The topological polar surface area (TPSA) is 126 Å². The van der Waals surface area contributed by atoms with Gasteiger partial charge in [-0.2, -0.15) is 4.98 Å². The minimum Gasteiger partial charge on any atom is -0.504 e. The number of phenolic OH excluding ortho intramolecular Hbond substituents is 2. The predicted molar refractivity (Wildman–Crippen MR) is 85.3 cm³/mol. The maximum atomic E-state index is 12.5. The van der Waals surface area contributed by atoms with Crippen molar-refractivity contribution in [3.63, 3.8) is 0 Å². The summed E-state index contributed by atoms with van der Waals surface area (Å²) in [5, 5.41) is 23.0. The molecule has 0 amide bonds. The Bertz CT molecular complexity index is 990. The molecule has 3 aromatic rings. The van der Waals surface area contributed by atoms with Crippen LogP contribution in [0.4, 0.5) is 5.69 Å². The van der Waals surface area contributed by atoms with Crippen LogP contribution >= 0.6 is 11.6 Å². The third-order valence-corrected chi connectivity index (χ3v) is 4.66. The first-order valence-corrected chi connectivity index (χ1v) is 8.34. The quantitative estimate of drug-likeness (QED) is 0.478. The molecule has 0 bridgehead atoms. The molecule has 0 aliphatic heterocycles. The summed E-state index contributed by atoms with van der Waals surface area (Å²) < 4.78 is 32.2. The molecule has 0 fully saturated rings. The summed E-state index contributed by atoms with van der Waals surface area (Å²) in [5.74, 6) is -1.01. The van der Waals surface area contributed by atoms with Gasteiger partial charge in [0.2, 0.25) is 0 Å². The number of rotatable bonds is 4. The van der Waals surface area contributed by atoms with Crippen molar-refractivity contribution in [3.8, 4) is 23.0 Å². The van der Waals surface area contributed by atoms with Crippen molar-refractivity contribution < 1.29 is 23.2 Å². The maximum Gasteiger partial charge on any atom is 0.261 e. The van der Waals surface area contributed by atoms with Crippen LogP contribution in [0.3, 0.4) is 0 Å². The molecule has 0 aliphatic rings. The average Bonchev–Trinajstić information content (AvgIpc) is 3.04. The van der Waals surface area contributed by atoms with E-state index < -0.39 is 21.5 Å². The number of hydrogen-bond acceptors (Lipinski definition) is 7. The van der Waals surface area contributed by atoms with Crippen LogP contribution in [0.2, 0.25) is 5.02 Å². The molecular formula is C14H10ClN3O5S. The predicted octanol–water partition coefficient (Wildman–Crippen LogP) is 2.60. The normalized spacial score (nSPS) is 11.4. The van der Waals surface area contributed by atoms with Crippen molar-refractivity contribution in [1.82, 2.24) is 10.1 Å². The van der Waals surface area contributed by atoms with E-state index >= 15 is 0 Å². The summed E-state index contributed by atoms with van der Waals surface area (Å²) in [7, 11) is -4.00. The van der Waals surface area contributed by atoms with E-state index in [0.29, 0.717) is 0 Å². The Morgan fingerprint density at radius 3 is 2.54 bits per heavy atom. The van der Waals surface area contributed by atoms with Gasteiger partial charge >= 0.3 is 0 Å². The SMILES string of the molecule is O=S(=O)(Nc1cc(O)c(O)cc1-c1ncno1)c1cccc(Cl)c1. The molecule has 124 valence electrons. The van der Waals surface area contributed by atoms with Gasteiger partial charge in [-0.15, -0.1) is 0 Å². The standard InChI is InChI=1S/C14H10ClN3O5S/c15-8-2-1-3-9(4-8)24(21,22)18-11-6-13(20)12(19)5-10(11)14-16-7-17-23-14/h1-7,18-20H. The second-order valence-corrected chi connectivity index (χ2v) is 6.81. The molecule has 3 rings (SSSR count). The first kappa shape index (κ1) is 16.1. The van der Waals surface area contributed by atoms with Crippen LogP contribution in [0.1, 0.15) is 0 Å². The lowest BCUT2D eigenvalue weighted by molar-refractivity contribution is 0.403. The summed E-state index contributed by atoms with van der Waals surface area (Å²) in [5.41, 5.74) is 0.0583. The van der Waals surface area contributed by atoms with E-state index in [2.05, 4.69) is 14.9 Å². The lowest BCUT2D eigenvalue weighted by atomic mass is 10.1. The highest BCUT2D eigenvalue weighted by Gasteiger charge is 2.21. The number of nitrogens with zero attached hydrogens (tertiary/aromatic N) is 2. The molecular weight excluding hydrogens is 358 g/mol. The molecule has 1 aromatic heterocycles. The summed E-state index contributed by atoms with van der Waals surface area (Å²) in [6, 6.07) is 7.81. The molecule has 24 heavy (non-hydrogen) atoms. The summed E-state index contributed by atoms with van der Waals surface area (Å²) in [6.45, 7) is 0. The highest BCUT2D eigenvalue weighted by molar-refractivity contribution is 7.92. The van der Waals surface area contributed by atoms with E-state index in [1.807, 2.05) is 0 Å². The van der Waals surface area contributed by atoms with Crippen molar-refractivity contribution >= 4 is 27.3 Å². The number of halogens is 1. The minimum atomic E-state index is -4.00. The Kier molecular flexibility index (Phi) is 4.04. The summed E-state index contributed by atoms with van der Waals surface area (Å²) in [6.07, 6.45) is 1.12. The Morgan fingerprint density at radius 1 is 1.12 bits per heavy atom. The van der Waals surface area contributed by atoms with Gasteiger partial charge in [0.1, 0.15) is 0 Å². The molecule has 1 heterocycles. The largest absolute Gasteiger partial charge is 0.504 e. The van der Waals surface area contributed by atoms with Crippen LogP contribution in [-0.2, 0) is 10.0 Å². The van der Waals surface area contributed by atoms with Gasteiger partial charge in [0.15, 0.2) is 17.8 Å². The smallest absolute Gasteiger partial charge is 0.261 e. The Hall–Kier alpha value is -2.78. The van der Waals surface area contributed by atoms with Crippen LogP contribution < -0.4 is 4.72 Å². The zero-order valence-electron chi connectivity index (χ0n) is 11.8. The van der Waals surface area contributed by atoms with Gasteiger partial charge in [-0.1, -0.05) is 22.8 Å². The average molecular weight is 368 g/mol. The fourth-order valence-electron chi connectivity index (χ4n) is 1.97. The monoisotopic (exact) mass is 367 g/mol. The van der Waals surface area contributed by atoms with Crippen molar-refractivity contribution in [3.05, 3.63) is 47.7 Å². The highest BCUT2D eigenvalue weighted by Crippen LogP contribution is 2.37. The number of benzene rings is 2. The van der Waals surface area contributed by atoms with Crippen molar-refractivity contribution in [2.75, 3.05) is 4.72 Å². The fraction of sp³-hybridized carbons (Fsp3) is 0. The molecule has 3 N–H and O–H groups in total. The number of phenols is 2. The van der Waals surface area contributed by atoms with Crippen molar-refractivity contribution in [2.45, 2.75) is 4.90 Å². The third-order valence-electron chi connectivity index (χ3n) is 3.06. The van der Waals surface area contributed by atoms with Crippen LogP contribution in [0.25, 0.3) is 11.5 Å². The molecule has 2 aromatic carbocycles. The third kappa shape index (κ3) is 3.12. The number of aromatic nitrogens is 2. The molecule has 0 radical (unpaired) electrons. The van der Waals surface area contributed by atoms with E-state index in [4.69, 9.17) is 16.1 Å². The van der Waals surface area contributed by atoms with Gasteiger partial charge in [0.05, 0.1) is 16.1 Å². The molecule has 0 saturated heterocycles. The number of anilines is 1. The summed E-state index contributed by atoms with van der Waals surface area (Å²) >= 11 is 5.81. The number of hydrogen-bond donors (Lipinski definition) is 3. The first-order valence-electron chi connectivity index (χ1n) is 6.48. The van der Waals surface area contributed by atoms with E-state index in [9.17, 15) is 18.6 Å². The van der Waals surface area contributed by atoms with Gasteiger partial charge < -0.3 is 14.7 Å². The lowest BCUT2D eigenvalue weighted by Gasteiger charge is -2.12. The van der Waals surface area contributed by atoms with Crippen LogP contribution in [0.15, 0.2) is 52.1 Å². The maximum absolute atomic E-state index is 12.5. The van der Waals surface area contributed by atoms with Crippen LogP contribution in [-0.4, -0.2) is 28.8 Å². The highest BCUT2D eigenvalue weighted by atomic mass is 35.5. The molecule has 0 unspecified atom stereocenters. The number of nitrogens with one attached hydrogen (secondary N) is 1. The van der Waals surface area contributed by atoms with Crippen molar-refractivity contribution in [2.24, 2.45) is 0 Å². The molecule has 0 spiro atoms. The molecule has 0 atom stereocenters. The Morgan fingerprint density at radius 2 is 1.88 bits per heavy atom. The zero-order valence-corrected chi connectivity index (χ0v) is 13.4. The van der Waals surface area contributed by atoms with E-state index in [-0.39, 0.29) is 27.1 Å². The van der Waals surface area contributed by atoms with Gasteiger partial charge in [-0.25, -0.2) is 8.42 Å². The number of sulfonamides is 1. The van der Waals surface area contributed by atoms with Crippen LogP contribution in [0.5, 0.6) is 11.5 Å². The lowest BCUT2D eigenvalue weighted by Crippen LogP contribution is -2.13. The van der Waals surface area contributed by atoms with E-state index in [0.717, 1.165) is 18.5 Å². The first-order chi connectivity index (χ1) is 11.4. The second kappa shape index (κ2) is 6.02. The Labute approximate surface area is 141 Å². The number of aromatic hydroxyl groups is 2. The minimum absolute atomic E-state index is 0.0332. The van der Waals surface area contributed by atoms with Gasteiger partial charge in [0, 0.05) is 11.1 Å². The second-order valence-electron chi connectivity index (χ2n) is 4.70. The van der Waals surface area contributed by atoms with E-state index in [1.165, 1.54) is 24.3 Å². The molecule has 8 nitrogen and oxygen atoms in total. The molecule has 0 saturated carbocycles.